The topological polar surface area (TPSA) is 55.9 Å². The summed E-state index contributed by atoms with van der Waals surface area (Å²) in [5.74, 6) is 0. The van der Waals surface area contributed by atoms with Crippen molar-refractivity contribution in [2.45, 2.75) is 6.61 Å². The van der Waals surface area contributed by atoms with Crippen molar-refractivity contribution in [3.8, 4) is 11.4 Å². The zero-order valence-electron chi connectivity index (χ0n) is 11.8. The van der Waals surface area contributed by atoms with Crippen molar-refractivity contribution in [3.63, 3.8) is 0 Å². The summed E-state index contributed by atoms with van der Waals surface area (Å²) in [5.41, 5.74) is 4.83. The molecule has 0 aliphatic rings. The highest BCUT2D eigenvalue weighted by Gasteiger charge is 2.06. The summed E-state index contributed by atoms with van der Waals surface area (Å²) in [6.45, 7) is 0.0267. The molecule has 0 fully saturated rings. The van der Waals surface area contributed by atoms with Gasteiger partial charge in [0.2, 0.25) is 0 Å². The van der Waals surface area contributed by atoms with Gasteiger partial charge in [0.05, 0.1) is 24.0 Å². The fourth-order valence-corrected chi connectivity index (χ4v) is 2.58. The monoisotopic (exact) mass is 290 g/mol. The molecule has 0 aliphatic carbocycles. The van der Waals surface area contributed by atoms with Gasteiger partial charge in [0, 0.05) is 23.8 Å². The molecule has 5 nitrogen and oxygen atoms in total. The van der Waals surface area contributed by atoms with Crippen LogP contribution < -0.4 is 0 Å². The van der Waals surface area contributed by atoms with Crippen LogP contribution in [0.15, 0.2) is 67.5 Å². The van der Waals surface area contributed by atoms with E-state index in [9.17, 15) is 5.11 Å². The highest BCUT2D eigenvalue weighted by Crippen LogP contribution is 2.21. The van der Waals surface area contributed by atoms with Crippen molar-refractivity contribution in [2.75, 3.05) is 0 Å². The van der Waals surface area contributed by atoms with Crippen molar-refractivity contribution < 1.29 is 5.11 Å². The van der Waals surface area contributed by atoms with Crippen LogP contribution >= 0.6 is 0 Å². The summed E-state index contributed by atoms with van der Waals surface area (Å²) in [4.78, 5) is 8.51. The molecule has 1 N–H and O–H groups in total. The Bertz CT molecular complexity index is 925. The molecule has 0 amide bonds. The largest absolute Gasteiger partial charge is 0.392 e. The fourth-order valence-electron chi connectivity index (χ4n) is 2.58. The Morgan fingerprint density at radius 3 is 2.73 bits per heavy atom. The van der Waals surface area contributed by atoms with Crippen LogP contribution in [-0.2, 0) is 6.61 Å². The van der Waals surface area contributed by atoms with Gasteiger partial charge in [-0.3, -0.25) is 4.57 Å². The number of imidazole rings is 2. The number of aliphatic hydroxyl groups excluding tert-OH is 1. The standard InChI is InChI=1S/C17H14N4O/c22-10-13-4-5-17-16(8-13)19-12-21(17)15-3-1-2-14(9-15)20-7-6-18-11-20/h1-9,11-12,22H,10H2. The van der Waals surface area contributed by atoms with Crippen LogP contribution in [0.1, 0.15) is 5.56 Å². The van der Waals surface area contributed by atoms with Crippen molar-refractivity contribution in [1.82, 2.24) is 19.1 Å². The number of aliphatic hydroxyl groups is 1. The molecule has 4 aromatic rings. The average Bonchev–Trinajstić information content (AvgIpc) is 3.24. The Kier molecular flexibility index (Phi) is 2.98. The minimum atomic E-state index is 0.0267. The quantitative estimate of drug-likeness (QED) is 0.631. The lowest BCUT2D eigenvalue weighted by Gasteiger charge is -2.08. The van der Waals surface area contributed by atoms with Gasteiger partial charge in [-0.25, -0.2) is 9.97 Å². The summed E-state index contributed by atoms with van der Waals surface area (Å²) in [6.07, 6.45) is 7.26. The van der Waals surface area contributed by atoms with Crippen LogP contribution in [0.5, 0.6) is 0 Å². The molecule has 0 saturated heterocycles. The van der Waals surface area contributed by atoms with Gasteiger partial charge in [0.25, 0.3) is 0 Å². The molecule has 22 heavy (non-hydrogen) atoms. The predicted molar refractivity (Wildman–Crippen MR) is 84.1 cm³/mol. The first-order chi connectivity index (χ1) is 10.8. The van der Waals surface area contributed by atoms with Gasteiger partial charge >= 0.3 is 0 Å². The van der Waals surface area contributed by atoms with Crippen LogP contribution in [0.2, 0.25) is 0 Å². The Labute approximate surface area is 127 Å². The Morgan fingerprint density at radius 2 is 1.91 bits per heavy atom. The Morgan fingerprint density at radius 1 is 1.00 bits per heavy atom. The number of hydrogen-bond acceptors (Lipinski definition) is 3. The lowest BCUT2D eigenvalue weighted by molar-refractivity contribution is 0.282. The van der Waals surface area contributed by atoms with E-state index in [2.05, 4.69) is 16.0 Å². The molecule has 2 heterocycles. The van der Waals surface area contributed by atoms with E-state index in [4.69, 9.17) is 0 Å². The lowest BCUT2D eigenvalue weighted by atomic mass is 10.2. The minimum Gasteiger partial charge on any atom is -0.392 e. The fraction of sp³-hybridized carbons (Fsp3) is 0.0588. The minimum absolute atomic E-state index is 0.0267. The maximum atomic E-state index is 9.22. The van der Waals surface area contributed by atoms with Gasteiger partial charge in [-0.2, -0.15) is 0 Å². The number of fused-ring (bicyclic) bond motifs is 1. The third-order valence-corrected chi connectivity index (χ3v) is 3.70. The molecule has 0 radical (unpaired) electrons. The van der Waals surface area contributed by atoms with Crippen LogP contribution in [0, 0.1) is 0 Å². The molecular formula is C17H14N4O. The first-order valence-electron chi connectivity index (χ1n) is 7.01. The molecule has 2 aromatic heterocycles. The number of hydrogen-bond donors (Lipinski definition) is 1. The van der Waals surface area contributed by atoms with Crippen LogP contribution in [0.3, 0.4) is 0 Å². The molecule has 5 heteroatoms. The van der Waals surface area contributed by atoms with E-state index in [1.165, 1.54) is 0 Å². The van der Waals surface area contributed by atoms with E-state index >= 15 is 0 Å². The smallest absolute Gasteiger partial charge is 0.100 e. The van der Waals surface area contributed by atoms with Crippen LogP contribution in [0.4, 0.5) is 0 Å². The van der Waals surface area contributed by atoms with E-state index in [0.717, 1.165) is 28.0 Å². The second-order valence-corrected chi connectivity index (χ2v) is 5.09. The molecule has 0 spiro atoms. The predicted octanol–water partition coefficient (Wildman–Crippen LogP) is 2.70. The third-order valence-electron chi connectivity index (χ3n) is 3.70. The average molecular weight is 290 g/mol. The summed E-state index contributed by atoms with van der Waals surface area (Å²) < 4.78 is 4.00. The number of rotatable bonds is 3. The molecule has 108 valence electrons. The van der Waals surface area contributed by atoms with Crippen molar-refractivity contribution in [3.05, 3.63) is 73.1 Å². The zero-order chi connectivity index (χ0) is 14.9. The molecule has 0 saturated carbocycles. The van der Waals surface area contributed by atoms with Gasteiger partial charge in [-0.15, -0.1) is 0 Å². The molecule has 0 atom stereocenters. The Hall–Kier alpha value is -2.92. The normalized spacial score (nSPS) is 11.1. The summed E-state index contributed by atoms with van der Waals surface area (Å²) in [7, 11) is 0. The number of benzene rings is 2. The summed E-state index contributed by atoms with van der Waals surface area (Å²) in [5, 5.41) is 9.22. The first kappa shape index (κ1) is 12.8. The van der Waals surface area contributed by atoms with Crippen LogP contribution in [-0.4, -0.2) is 24.2 Å². The maximum Gasteiger partial charge on any atom is 0.100 e. The molecule has 2 aromatic carbocycles. The zero-order valence-corrected chi connectivity index (χ0v) is 11.8. The molecule has 0 bridgehead atoms. The van der Waals surface area contributed by atoms with Crippen molar-refractivity contribution >= 4 is 11.0 Å². The number of nitrogens with zero attached hydrogens (tertiary/aromatic N) is 4. The van der Waals surface area contributed by atoms with Crippen LogP contribution in [0.25, 0.3) is 22.4 Å². The molecule has 0 aliphatic heterocycles. The van der Waals surface area contributed by atoms with Crippen molar-refractivity contribution in [2.24, 2.45) is 0 Å². The van der Waals surface area contributed by atoms with Crippen molar-refractivity contribution in [1.29, 1.82) is 0 Å². The van der Waals surface area contributed by atoms with Gasteiger partial charge in [0.15, 0.2) is 0 Å². The van der Waals surface area contributed by atoms with Gasteiger partial charge in [-0.05, 0) is 35.9 Å². The highest BCUT2D eigenvalue weighted by molar-refractivity contribution is 5.78. The molecule has 4 rings (SSSR count). The lowest BCUT2D eigenvalue weighted by Crippen LogP contribution is -1.96. The van der Waals surface area contributed by atoms with E-state index in [-0.39, 0.29) is 6.61 Å². The van der Waals surface area contributed by atoms with E-state index in [0.29, 0.717) is 0 Å². The third kappa shape index (κ3) is 2.08. The highest BCUT2D eigenvalue weighted by atomic mass is 16.3. The Balaban J connectivity index is 1.84. The van der Waals surface area contributed by atoms with Gasteiger partial charge < -0.3 is 9.67 Å². The second kappa shape index (κ2) is 5.13. The van der Waals surface area contributed by atoms with Gasteiger partial charge in [-0.1, -0.05) is 12.1 Å². The first-order valence-corrected chi connectivity index (χ1v) is 7.01. The van der Waals surface area contributed by atoms with Gasteiger partial charge in [0.1, 0.15) is 6.33 Å². The summed E-state index contributed by atoms with van der Waals surface area (Å²) in [6, 6.07) is 14.0. The second-order valence-electron chi connectivity index (χ2n) is 5.09. The molecule has 0 unspecified atom stereocenters. The summed E-state index contributed by atoms with van der Waals surface area (Å²) >= 11 is 0. The SMILES string of the molecule is OCc1ccc2c(c1)ncn2-c1cccc(-n2ccnc2)c1. The maximum absolute atomic E-state index is 9.22. The number of aromatic nitrogens is 4. The molecular weight excluding hydrogens is 276 g/mol. The van der Waals surface area contributed by atoms with E-state index in [1.54, 1.807) is 18.9 Å². The van der Waals surface area contributed by atoms with E-state index in [1.807, 2.05) is 51.7 Å². The van der Waals surface area contributed by atoms with E-state index < -0.39 is 0 Å².